The van der Waals surface area contributed by atoms with Crippen molar-refractivity contribution in [3.63, 3.8) is 0 Å². The van der Waals surface area contributed by atoms with Gasteiger partial charge in [0.2, 0.25) is 0 Å². The lowest BCUT2D eigenvalue weighted by molar-refractivity contribution is 0.0941. The Labute approximate surface area is 174 Å². The quantitative estimate of drug-likeness (QED) is 0.482. The van der Waals surface area contributed by atoms with Crippen LogP contribution in [-0.2, 0) is 0 Å². The van der Waals surface area contributed by atoms with Crippen LogP contribution in [0.15, 0.2) is 65.8 Å². The van der Waals surface area contributed by atoms with E-state index in [1.54, 1.807) is 47.8 Å². The summed E-state index contributed by atoms with van der Waals surface area (Å²) in [7, 11) is 0. The number of fused-ring (bicyclic) bond motifs is 1. The van der Waals surface area contributed by atoms with E-state index >= 15 is 0 Å². The SMILES string of the molecule is C[C@H](NC(=O)c1cncc2c1cnn2-c1ccc(Cl)cc1)c1cncc(Br)c1. The lowest BCUT2D eigenvalue weighted by atomic mass is 10.1. The summed E-state index contributed by atoms with van der Waals surface area (Å²) in [6.45, 7) is 1.91. The monoisotopic (exact) mass is 455 g/mol. The predicted molar refractivity (Wildman–Crippen MR) is 112 cm³/mol. The maximum absolute atomic E-state index is 12.9. The number of benzene rings is 1. The van der Waals surface area contributed by atoms with Crippen molar-refractivity contribution in [3.05, 3.63) is 81.9 Å². The third-order valence-corrected chi connectivity index (χ3v) is 5.07. The zero-order valence-corrected chi connectivity index (χ0v) is 17.1. The van der Waals surface area contributed by atoms with Crippen molar-refractivity contribution >= 4 is 44.3 Å². The number of carbonyl (C=O) groups excluding carboxylic acids is 1. The molecular weight excluding hydrogens is 442 g/mol. The molecule has 0 bridgehead atoms. The van der Waals surface area contributed by atoms with Gasteiger partial charge >= 0.3 is 0 Å². The van der Waals surface area contributed by atoms with E-state index in [4.69, 9.17) is 11.6 Å². The highest BCUT2D eigenvalue weighted by Crippen LogP contribution is 2.23. The fraction of sp³-hybridized carbons (Fsp3) is 0.100. The number of aromatic nitrogens is 4. The maximum atomic E-state index is 12.9. The van der Waals surface area contributed by atoms with Crippen LogP contribution in [0.4, 0.5) is 0 Å². The first-order chi connectivity index (χ1) is 13.5. The first kappa shape index (κ1) is 18.6. The molecule has 1 N–H and O–H groups in total. The Morgan fingerprint density at radius 2 is 1.86 bits per heavy atom. The average Bonchev–Trinajstić information content (AvgIpc) is 3.12. The summed E-state index contributed by atoms with van der Waals surface area (Å²) in [4.78, 5) is 21.3. The van der Waals surface area contributed by atoms with Crippen molar-refractivity contribution in [2.75, 3.05) is 0 Å². The normalized spacial score (nSPS) is 12.1. The summed E-state index contributed by atoms with van der Waals surface area (Å²) in [6, 6.07) is 9.03. The minimum absolute atomic E-state index is 0.209. The van der Waals surface area contributed by atoms with Crippen LogP contribution in [0.3, 0.4) is 0 Å². The molecule has 1 atom stereocenters. The van der Waals surface area contributed by atoms with Crippen molar-refractivity contribution < 1.29 is 4.79 Å². The van der Waals surface area contributed by atoms with E-state index in [1.165, 1.54) is 0 Å². The molecule has 6 nitrogen and oxygen atoms in total. The summed E-state index contributed by atoms with van der Waals surface area (Å²) < 4.78 is 2.59. The van der Waals surface area contributed by atoms with E-state index in [0.29, 0.717) is 10.6 Å². The average molecular weight is 457 g/mol. The molecule has 0 saturated carbocycles. The lowest BCUT2D eigenvalue weighted by Crippen LogP contribution is -2.27. The molecule has 0 unspecified atom stereocenters. The van der Waals surface area contributed by atoms with E-state index in [2.05, 4.69) is 36.3 Å². The number of nitrogens with one attached hydrogen (secondary N) is 1. The smallest absolute Gasteiger partial charge is 0.254 e. The van der Waals surface area contributed by atoms with E-state index in [9.17, 15) is 4.79 Å². The highest BCUT2D eigenvalue weighted by Gasteiger charge is 2.17. The highest BCUT2D eigenvalue weighted by atomic mass is 79.9. The molecule has 3 heterocycles. The molecule has 0 aliphatic heterocycles. The van der Waals surface area contributed by atoms with Gasteiger partial charge in [0, 0.05) is 33.5 Å². The fourth-order valence-corrected chi connectivity index (χ4v) is 3.44. The number of hydrogen-bond donors (Lipinski definition) is 1. The molecule has 4 aromatic rings. The van der Waals surface area contributed by atoms with Crippen molar-refractivity contribution in [2.45, 2.75) is 13.0 Å². The molecule has 4 rings (SSSR count). The number of nitrogens with zero attached hydrogens (tertiary/aromatic N) is 4. The number of hydrogen-bond acceptors (Lipinski definition) is 4. The van der Waals surface area contributed by atoms with Gasteiger partial charge in [0.05, 0.1) is 35.2 Å². The van der Waals surface area contributed by atoms with Crippen molar-refractivity contribution in [3.8, 4) is 5.69 Å². The Balaban J connectivity index is 1.65. The second kappa shape index (κ2) is 7.69. The fourth-order valence-electron chi connectivity index (χ4n) is 2.93. The first-order valence-corrected chi connectivity index (χ1v) is 9.69. The maximum Gasteiger partial charge on any atom is 0.254 e. The second-order valence-electron chi connectivity index (χ2n) is 6.28. The minimum Gasteiger partial charge on any atom is -0.345 e. The molecule has 1 amide bonds. The molecule has 0 saturated heterocycles. The molecule has 1 aromatic carbocycles. The number of carbonyl (C=O) groups is 1. The van der Waals surface area contributed by atoms with E-state index < -0.39 is 0 Å². The van der Waals surface area contributed by atoms with E-state index in [0.717, 1.165) is 26.6 Å². The summed E-state index contributed by atoms with van der Waals surface area (Å²) in [5, 5.41) is 8.79. The number of rotatable bonds is 4. The van der Waals surface area contributed by atoms with Crippen LogP contribution in [0, 0.1) is 0 Å². The van der Waals surface area contributed by atoms with Gasteiger partial charge in [-0.2, -0.15) is 5.10 Å². The van der Waals surface area contributed by atoms with Crippen molar-refractivity contribution in [2.24, 2.45) is 0 Å². The van der Waals surface area contributed by atoms with Gasteiger partial charge in [0.15, 0.2) is 0 Å². The van der Waals surface area contributed by atoms with Gasteiger partial charge in [0.1, 0.15) is 0 Å². The standard InChI is InChI=1S/C20H15BrClN5O/c1-12(13-6-14(21)8-23-7-13)26-20(28)18-9-24-11-19-17(18)10-25-27(19)16-4-2-15(22)3-5-16/h2-12H,1H3,(H,26,28)/t12-/m0/s1. The van der Waals surface area contributed by atoms with Gasteiger partial charge in [-0.1, -0.05) is 11.6 Å². The van der Waals surface area contributed by atoms with Crippen molar-refractivity contribution in [1.82, 2.24) is 25.1 Å². The second-order valence-corrected chi connectivity index (χ2v) is 7.64. The third kappa shape index (κ3) is 3.63. The molecule has 8 heteroatoms. The summed E-state index contributed by atoms with van der Waals surface area (Å²) in [5.74, 6) is -0.221. The van der Waals surface area contributed by atoms with Crippen LogP contribution in [0.25, 0.3) is 16.6 Å². The summed E-state index contributed by atoms with van der Waals surface area (Å²) in [6.07, 6.45) is 8.35. The van der Waals surface area contributed by atoms with Gasteiger partial charge in [-0.05, 0) is 58.7 Å². The summed E-state index contributed by atoms with van der Waals surface area (Å²) >= 11 is 9.36. The molecular formula is C20H15BrClN5O. The number of amides is 1. The minimum atomic E-state index is -0.221. The number of halogens is 2. The van der Waals surface area contributed by atoms with Crippen LogP contribution in [0.5, 0.6) is 0 Å². The van der Waals surface area contributed by atoms with Crippen LogP contribution in [0.1, 0.15) is 28.9 Å². The Hall–Kier alpha value is -2.77. The Morgan fingerprint density at radius 1 is 1.11 bits per heavy atom. The molecule has 3 aromatic heterocycles. The molecule has 0 fully saturated rings. The van der Waals surface area contributed by atoms with E-state index in [1.807, 2.05) is 25.1 Å². The zero-order chi connectivity index (χ0) is 19.7. The van der Waals surface area contributed by atoms with Crippen LogP contribution in [0.2, 0.25) is 5.02 Å². The zero-order valence-electron chi connectivity index (χ0n) is 14.8. The Morgan fingerprint density at radius 3 is 2.61 bits per heavy atom. The van der Waals surface area contributed by atoms with Crippen LogP contribution < -0.4 is 5.32 Å². The Kier molecular flexibility index (Phi) is 5.11. The third-order valence-electron chi connectivity index (χ3n) is 4.39. The van der Waals surface area contributed by atoms with Crippen LogP contribution >= 0.6 is 27.5 Å². The van der Waals surface area contributed by atoms with Gasteiger partial charge in [-0.25, -0.2) is 4.68 Å². The van der Waals surface area contributed by atoms with Gasteiger partial charge in [-0.15, -0.1) is 0 Å². The molecule has 0 spiro atoms. The molecule has 28 heavy (non-hydrogen) atoms. The highest BCUT2D eigenvalue weighted by molar-refractivity contribution is 9.10. The summed E-state index contributed by atoms with van der Waals surface area (Å²) in [5.41, 5.74) is 2.95. The molecule has 0 radical (unpaired) electrons. The number of pyridine rings is 2. The molecule has 140 valence electrons. The molecule has 0 aliphatic rings. The predicted octanol–water partition coefficient (Wildman–Crippen LogP) is 4.72. The lowest BCUT2D eigenvalue weighted by Gasteiger charge is -2.14. The molecule has 0 aliphatic carbocycles. The van der Waals surface area contributed by atoms with E-state index in [-0.39, 0.29) is 11.9 Å². The first-order valence-electron chi connectivity index (χ1n) is 8.52. The van der Waals surface area contributed by atoms with Gasteiger partial charge in [0.25, 0.3) is 5.91 Å². The van der Waals surface area contributed by atoms with Crippen molar-refractivity contribution in [1.29, 1.82) is 0 Å². The largest absolute Gasteiger partial charge is 0.345 e. The van der Waals surface area contributed by atoms with Crippen LogP contribution in [-0.4, -0.2) is 25.7 Å². The van der Waals surface area contributed by atoms with Gasteiger partial charge < -0.3 is 5.32 Å². The Bertz CT molecular complexity index is 1160. The van der Waals surface area contributed by atoms with Gasteiger partial charge in [-0.3, -0.25) is 14.8 Å². The topological polar surface area (TPSA) is 72.7 Å².